The van der Waals surface area contributed by atoms with Gasteiger partial charge in [-0.1, -0.05) is 13.8 Å². The van der Waals surface area contributed by atoms with Crippen molar-refractivity contribution < 1.29 is 13.6 Å². The minimum absolute atomic E-state index is 0.0814. The first-order valence-corrected chi connectivity index (χ1v) is 5.63. The van der Waals surface area contributed by atoms with Gasteiger partial charge in [0.25, 0.3) is 0 Å². The van der Waals surface area contributed by atoms with Crippen LogP contribution in [0.2, 0.25) is 0 Å². The molecule has 0 unspecified atom stereocenters. The van der Waals surface area contributed by atoms with Crippen LogP contribution in [0.3, 0.4) is 0 Å². The van der Waals surface area contributed by atoms with Crippen LogP contribution in [0, 0.1) is 11.6 Å². The SMILES string of the molecule is CC(C)NCC(=O)c1c(F)ccc(Br)c1F. The Morgan fingerprint density at radius 3 is 2.62 bits per heavy atom. The van der Waals surface area contributed by atoms with Gasteiger partial charge >= 0.3 is 0 Å². The monoisotopic (exact) mass is 291 g/mol. The summed E-state index contributed by atoms with van der Waals surface area (Å²) in [6.45, 7) is 3.61. The lowest BCUT2D eigenvalue weighted by molar-refractivity contribution is 0.0980. The number of rotatable bonds is 4. The van der Waals surface area contributed by atoms with E-state index in [1.165, 1.54) is 6.07 Å². The molecule has 16 heavy (non-hydrogen) atoms. The van der Waals surface area contributed by atoms with Gasteiger partial charge in [-0.15, -0.1) is 0 Å². The van der Waals surface area contributed by atoms with Gasteiger partial charge in [-0.25, -0.2) is 8.78 Å². The van der Waals surface area contributed by atoms with Gasteiger partial charge in [-0.3, -0.25) is 4.79 Å². The summed E-state index contributed by atoms with van der Waals surface area (Å²) in [5, 5.41) is 2.82. The first kappa shape index (κ1) is 13.3. The molecule has 0 amide bonds. The highest BCUT2D eigenvalue weighted by Crippen LogP contribution is 2.21. The van der Waals surface area contributed by atoms with Gasteiger partial charge in [0, 0.05) is 6.04 Å². The second kappa shape index (κ2) is 5.50. The molecule has 0 heterocycles. The number of nitrogens with one attached hydrogen (secondary N) is 1. The average Bonchev–Trinajstić information content (AvgIpc) is 2.21. The van der Waals surface area contributed by atoms with E-state index in [1.54, 1.807) is 0 Å². The van der Waals surface area contributed by atoms with Crippen LogP contribution in [-0.4, -0.2) is 18.4 Å². The fourth-order valence-electron chi connectivity index (χ4n) is 1.17. The summed E-state index contributed by atoms with van der Waals surface area (Å²) in [6, 6.07) is 2.38. The zero-order valence-corrected chi connectivity index (χ0v) is 10.6. The molecule has 0 fully saturated rings. The molecule has 2 nitrogen and oxygen atoms in total. The van der Waals surface area contributed by atoms with Gasteiger partial charge in [-0.2, -0.15) is 0 Å². The Morgan fingerprint density at radius 1 is 1.44 bits per heavy atom. The maximum absolute atomic E-state index is 13.5. The first-order chi connectivity index (χ1) is 7.43. The molecule has 88 valence electrons. The van der Waals surface area contributed by atoms with Crippen molar-refractivity contribution in [2.45, 2.75) is 19.9 Å². The molecule has 1 aromatic carbocycles. The smallest absolute Gasteiger partial charge is 0.182 e. The Bertz CT molecular complexity index is 407. The van der Waals surface area contributed by atoms with E-state index in [0.29, 0.717) is 0 Å². The molecule has 0 bridgehead atoms. The maximum Gasteiger partial charge on any atom is 0.182 e. The van der Waals surface area contributed by atoms with Crippen molar-refractivity contribution in [2.24, 2.45) is 0 Å². The molecule has 0 saturated heterocycles. The predicted molar refractivity (Wildman–Crippen MR) is 61.5 cm³/mol. The Kier molecular flexibility index (Phi) is 4.56. The molecular formula is C11H12BrF2NO. The third kappa shape index (κ3) is 3.09. The van der Waals surface area contributed by atoms with Gasteiger partial charge in [0.05, 0.1) is 16.6 Å². The Labute approximate surface area is 101 Å². The number of ketones is 1. The summed E-state index contributed by atoms with van der Waals surface area (Å²) < 4.78 is 26.9. The molecule has 0 spiro atoms. The van der Waals surface area contributed by atoms with Gasteiger partial charge in [0.15, 0.2) is 11.6 Å². The first-order valence-electron chi connectivity index (χ1n) is 4.83. The largest absolute Gasteiger partial charge is 0.307 e. The number of halogens is 3. The van der Waals surface area contributed by atoms with Gasteiger partial charge in [0.2, 0.25) is 0 Å². The quantitative estimate of drug-likeness (QED) is 0.683. The average molecular weight is 292 g/mol. The number of benzene rings is 1. The van der Waals surface area contributed by atoms with Crippen LogP contribution in [0.15, 0.2) is 16.6 Å². The van der Waals surface area contributed by atoms with Crippen LogP contribution in [0.25, 0.3) is 0 Å². The highest BCUT2D eigenvalue weighted by molar-refractivity contribution is 9.10. The third-order valence-electron chi connectivity index (χ3n) is 1.99. The number of carbonyl (C=O) groups excluding carboxylic acids is 1. The van der Waals surface area contributed by atoms with Gasteiger partial charge < -0.3 is 5.32 Å². The minimum Gasteiger partial charge on any atom is -0.307 e. The molecule has 1 aromatic rings. The Balaban J connectivity index is 2.95. The molecule has 0 saturated carbocycles. The van der Waals surface area contributed by atoms with E-state index >= 15 is 0 Å². The van der Waals surface area contributed by atoms with Crippen molar-refractivity contribution in [3.8, 4) is 0 Å². The zero-order valence-electron chi connectivity index (χ0n) is 8.98. The molecule has 1 rings (SSSR count). The maximum atomic E-state index is 13.5. The summed E-state index contributed by atoms with van der Waals surface area (Å²) in [5.41, 5.74) is -0.498. The standard InChI is InChI=1S/C11H12BrF2NO/c1-6(2)15-5-9(16)10-8(13)4-3-7(12)11(10)14/h3-4,6,15H,5H2,1-2H3. The molecule has 0 aliphatic rings. The van der Waals surface area contributed by atoms with Crippen molar-refractivity contribution >= 4 is 21.7 Å². The van der Waals surface area contributed by atoms with Crippen LogP contribution in [0.1, 0.15) is 24.2 Å². The van der Waals surface area contributed by atoms with Crippen LogP contribution in [0.4, 0.5) is 8.78 Å². The van der Waals surface area contributed by atoms with Crippen LogP contribution >= 0.6 is 15.9 Å². The topological polar surface area (TPSA) is 29.1 Å². The van der Waals surface area contributed by atoms with E-state index in [1.807, 2.05) is 13.8 Å². The van der Waals surface area contributed by atoms with Crippen molar-refractivity contribution in [3.05, 3.63) is 33.8 Å². The lowest BCUT2D eigenvalue weighted by Crippen LogP contribution is -2.30. The number of hydrogen-bond donors (Lipinski definition) is 1. The van der Waals surface area contributed by atoms with Crippen molar-refractivity contribution in [1.82, 2.24) is 5.32 Å². The molecular weight excluding hydrogens is 280 g/mol. The molecule has 0 aliphatic carbocycles. The summed E-state index contributed by atoms with van der Waals surface area (Å²) in [6.07, 6.45) is 0. The second-order valence-electron chi connectivity index (χ2n) is 3.68. The van der Waals surface area contributed by atoms with E-state index in [0.717, 1.165) is 6.07 Å². The van der Waals surface area contributed by atoms with Gasteiger partial charge in [0.1, 0.15) is 5.82 Å². The van der Waals surface area contributed by atoms with Crippen LogP contribution in [0.5, 0.6) is 0 Å². The summed E-state index contributed by atoms with van der Waals surface area (Å²) in [4.78, 5) is 11.6. The zero-order chi connectivity index (χ0) is 12.3. The number of Topliss-reactive ketones (excluding diaryl/α,β-unsaturated/α-hetero) is 1. The lowest BCUT2D eigenvalue weighted by atomic mass is 10.1. The number of hydrogen-bond acceptors (Lipinski definition) is 2. The minimum atomic E-state index is -0.851. The van der Waals surface area contributed by atoms with E-state index in [4.69, 9.17) is 0 Å². The predicted octanol–water partition coefficient (Wildman–Crippen LogP) is 2.91. The fourth-order valence-corrected chi connectivity index (χ4v) is 1.50. The van der Waals surface area contributed by atoms with Crippen LogP contribution < -0.4 is 5.32 Å². The normalized spacial score (nSPS) is 10.9. The van der Waals surface area contributed by atoms with Gasteiger partial charge in [-0.05, 0) is 28.1 Å². The summed E-state index contributed by atoms with van der Waals surface area (Å²) in [7, 11) is 0. The molecule has 0 radical (unpaired) electrons. The lowest BCUT2D eigenvalue weighted by Gasteiger charge is -2.09. The molecule has 0 aromatic heterocycles. The highest BCUT2D eigenvalue weighted by Gasteiger charge is 2.19. The van der Waals surface area contributed by atoms with E-state index in [9.17, 15) is 13.6 Å². The van der Waals surface area contributed by atoms with Crippen molar-refractivity contribution in [3.63, 3.8) is 0 Å². The number of carbonyl (C=O) groups is 1. The second-order valence-corrected chi connectivity index (χ2v) is 4.53. The summed E-state index contributed by atoms with van der Waals surface area (Å²) >= 11 is 2.91. The molecule has 1 N–H and O–H groups in total. The Morgan fingerprint density at radius 2 is 2.06 bits per heavy atom. The third-order valence-corrected chi connectivity index (χ3v) is 2.61. The highest BCUT2D eigenvalue weighted by atomic mass is 79.9. The molecule has 0 aliphatic heterocycles. The summed E-state index contributed by atoms with van der Waals surface area (Å²) in [5.74, 6) is -2.28. The molecule has 5 heteroatoms. The van der Waals surface area contributed by atoms with Crippen molar-refractivity contribution in [1.29, 1.82) is 0 Å². The van der Waals surface area contributed by atoms with E-state index in [2.05, 4.69) is 21.2 Å². The van der Waals surface area contributed by atoms with E-state index < -0.39 is 23.0 Å². The van der Waals surface area contributed by atoms with E-state index in [-0.39, 0.29) is 17.1 Å². The fraction of sp³-hybridized carbons (Fsp3) is 0.364. The van der Waals surface area contributed by atoms with Crippen LogP contribution in [-0.2, 0) is 0 Å². The Hall–Kier alpha value is -0.810. The molecule has 0 atom stereocenters. The van der Waals surface area contributed by atoms with Crippen molar-refractivity contribution in [2.75, 3.05) is 6.54 Å².